The van der Waals surface area contributed by atoms with Crippen molar-refractivity contribution in [3.05, 3.63) is 60.9 Å². The molecule has 3 aromatic rings. The zero-order chi connectivity index (χ0) is 45.5. The monoisotopic (exact) mass is 866 g/mol. The number of cyclic esters (lactones) is 1. The van der Waals surface area contributed by atoms with E-state index in [2.05, 4.69) is 15.0 Å². The van der Waals surface area contributed by atoms with Crippen molar-refractivity contribution < 1.29 is 61.6 Å². The quantitative estimate of drug-likeness (QED) is 0.128. The van der Waals surface area contributed by atoms with E-state index in [9.17, 15) is 29.4 Å². The Bertz CT molecular complexity index is 1980. The molecule has 11 atom stereocenters. The predicted octanol–water partition coefficient (Wildman–Crippen LogP) is 6.18. The maximum atomic E-state index is 13.5. The van der Waals surface area contributed by atoms with E-state index in [1.807, 2.05) is 19.9 Å². The molecule has 1 aliphatic rings. The highest BCUT2D eigenvalue weighted by atomic mass is 16.6. The van der Waals surface area contributed by atoms with E-state index >= 15 is 0 Å². The summed E-state index contributed by atoms with van der Waals surface area (Å²) in [7, 11) is 6.16. The normalized spacial score (nSPS) is 25.4. The molecule has 17 nitrogen and oxygen atoms in total. The number of Topliss-reactive ketones (excluding diaryl/α,β-unsaturated/α-hetero) is 1. The van der Waals surface area contributed by atoms with Crippen molar-refractivity contribution in [3.63, 3.8) is 0 Å². The first-order valence-corrected chi connectivity index (χ1v) is 20.9. The van der Waals surface area contributed by atoms with E-state index in [4.69, 9.17) is 32.2 Å². The number of carbonyl (C=O) groups is 4. The minimum absolute atomic E-state index is 0.00560. The Morgan fingerprint density at radius 2 is 1.63 bits per heavy atom. The van der Waals surface area contributed by atoms with Crippen LogP contribution in [0.4, 0.5) is 0 Å². The number of fused-ring (bicyclic) bond motifs is 8. The molecule has 3 aromatic heterocycles. The SMILES string of the molecule is CO[C@H]1C/C=C/c2nc(co2)-c2nc(co2)-c2nc(co2)[C@@H](OC)[C@@H](C)C(=O)/C=C/C[C@H](O)CC(=O)O[C@@H](C[C@H](OC)[C@@H](C)CCC(=O)[C@H](C)[C@H](O)[C@H](C)/C=C/N(C)C=O)[C@@H]1C. The number of esters is 1. The van der Waals surface area contributed by atoms with Gasteiger partial charge >= 0.3 is 5.97 Å². The Hall–Kier alpha value is -5.07. The lowest BCUT2D eigenvalue weighted by Gasteiger charge is -2.33. The molecule has 1 amide bonds. The highest BCUT2D eigenvalue weighted by Gasteiger charge is 2.34. The van der Waals surface area contributed by atoms with Crippen LogP contribution in [0.15, 0.2) is 62.5 Å². The summed E-state index contributed by atoms with van der Waals surface area (Å²) in [5.41, 5.74) is 0.995. The van der Waals surface area contributed by atoms with Crippen molar-refractivity contribution in [2.45, 2.75) is 110 Å². The third kappa shape index (κ3) is 13.7. The standard InChI is InChI=1S/C45H62N4O13/c1-26(16-17-36(53)28(3)42(55)27(2)18-19-49(6)25-50)38(57-8)21-39-30(5)37(56-7)14-11-15-40-46-33(23-59-40)44-48-34(24-61-44)45-47-32(22-60-45)43(58-9)29(4)35(52)13-10-12-31(51)20-41(54)62-39/h10-11,13,15,18-19,22-31,37-39,42-43,51,55H,12,14,16-17,20-21H2,1-9H3/b13-10+,15-11+,19-18+/t26-,27+,28-,29-,30+,31-,37-,38-,39-,42+,43-/m0/s1. The topological polar surface area (TPSA) is 227 Å². The van der Waals surface area contributed by atoms with Gasteiger partial charge in [-0.05, 0) is 37.3 Å². The first-order chi connectivity index (χ1) is 29.6. The zero-order valence-electron chi connectivity index (χ0n) is 37.0. The molecule has 0 aliphatic carbocycles. The second-order valence-corrected chi connectivity index (χ2v) is 16.1. The number of ether oxygens (including phenoxy) is 4. The minimum Gasteiger partial charge on any atom is -0.462 e. The van der Waals surface area contributed by atoms with Crippen LogP contribution in [0.1, 0.15) is 90.8 Å². The van der Waals surface area contributed by atoms with Crippen LogP contribution in [0, 0.1) is 29.6 Å². The van der Waals surface area contributed by atoms with Crippen LogP contribution in [-0.4, -0.2) is 113 Å². The number of aliphatic hydroxyl groups excluding tert-OH is 2. The smallest absolute Gasteiger partial charge is 0.308 e. The minimum atomic E-state index is -1.15. The molecule has 2 N–H and O–H groups in total. The van der Waals surface area contributed by atoms with E-state index < -0.39 is 54.4 Å². The average molecular weight is 867 g/mol. The number of hydrogen-bond donors (Lipinski definition) is 2. The molecule has 0 aromatic carbocycles. The lowest BCUT2D eigenvalue weighted by atomic mass is 9.84. The summed E-state index contributed by atoms with van der Waals surface area (Å²) >= 11 is 0. The van der Waals surface area contributed by atoms with Crippen molar-refractivity contribution in [1.82, 2.24) is 19.9 Å². The summed E-state index contributed by atoms with van der Waals surface area (Å²) < 4.78 is 40.6. The van der Waals surface area contributed by atoms with Gasteiger partial charge in [-0.3, -0.25) is 19.2 Å². The molecule has 0 spiro atoms. The number of carbonyl (C=O) groups excluding carboxylic acids is 4. The Morgan fingerprint density at radius 1 is 0.952 bits per heavy atom. The van der Waals surface area contributed by atoms with Gasteiger partial charge in [-0.1, -0.05) is 52.8 Å². The molecule has 0 fully saturated rings. The Labute approximate surface area is 362 Å². The number of amides is 1. The second kappa shape index (κ2) is 24.0. The van der Waals surface area contributed by atoms with Crippen LogP contribution in [0.5, 0.6) is 0 Å². The number of ketones is 2. The summed E-state index contributed by atoms with van der Waals surface area (Å²) in [4.78, 5) is 65.6. The third-order valence-electron chi connectivity index (χ3n) is 11.5. The van der Waals surface area contributed by atoms with Crippen LogP contribution >= 0.6 is 0 Å². The molecule has 0 radical (unpaired) electrons. The molecule has 17 heteroatoms. The van der Waals surface area contributed by atoms with Crippen LogP contribution in [-0.2, 0) is 38.1 Å². The predicted molar refractivity (Wildman–Crippen MR) is 225 cm³/mol. The number of nitrogens with zero attached hydrogens (tertiary/aromatic N) is 4. The molecular formula is C45H62N4O13. The summed E-state index contributed by atoms with van der Waals surface area (Å²) in [6, 6.07) is 0. The molecular weight excluding hydrogens is 805 g/mol. The Balaban J connectivity index is 1.54. The van der Waals surface area contributed by atoms with Crippen LogP contribution in [0.25, 0.3) is 29.2 Å². The zero-order valence-corrected chi connectivity index (χ0v) is 37.0. The summed E-state index contributed by atoms with van der Waals surface area (Å²) in [6.45, 7) is 9.01. The molecule has 6 bridgehead atoms. The van der Waals surface area contributed by atoms with Crippen molar-refractivity contribution in [1.29, 1.82) is 0 Å². The molecule has 62 heavy (non-hydrogen) atoms. The molecule has 1 aliphatic heterocycles. The first kappa shape index (κ1) is 49.6. The molecule has 0 unspecified atom stereocenters. The first-order valence-electron chi connectivity index (χ1n) is 20.9. The number of hydrogen-bond acceptors (Lipinski definition) is 16. The molecule has 4 heterocycles. The van der Waals surface area contributed by atoms with Gasteiger partial charge in [0.05, 0.1) is 36.8 Å². The summed E-state index contributed by atoms with van der Waals surface area (Å²) in [5.74, 6) is -2.71. The summed E-state index contributed by atoms with van der Waals surface area (Å²) in [5, 5.41) is 21.7. The van der Waals surface area contributed by atoms with Crippen molar-refractivity contribution in [2.75, 3.05) is 28.4 Å². The lowest BCUT2D eigenvalue weighted by molar-refractivity contribution is -0.159. The van der Waals surface area contributed by atoms with E-state index in [-0.39, 0.29) is 72.7 Å². The van der Waals surface area contributed by atoms with Gasteiger partial charge in [0.1, 0.15) is 42.5 Å². The van der Waals surface area contributed by atoms with Gasteiger partial charge in [0.15, 0.2) is 17.2 Å². The van der Waals surface area contributed by atoms with Gasteiger partial charge in [0.25, 0.3) is 0 Å². The largest absolute Gasteiger partial charge is 0.462 e. The van der Waals surface area contributed by atoms with Crippen LogP contribution in [0.3, 0.4) is 0 Å². The second-order valence-electron chi connectivity index (χ2n) is 16.1. The average Bonchev–Trinajstić information content (AvgIpc) is 4.06. The molecule has 0 saturated carbocycles. The van der Waals surface area contributed by atoms with Crippen molar-refractivity contribution in [3.8, 4) is 23.2 Å². The van der Waals surface area contributed by atoms with Crippen LogP contribution < -0.4 is 0 Å². The Kier molecular flexibility index (Phi) is 19.2. The number of oxazole rings is 3. The third-order valence-corrected chi connectivity index (χ3v) is 11.5. The molecule has 340 valence electrons. The number of aromatic nitrogens is 3. The van der Waals surface area contributed by atoms with Gasteiger partial charge in [0, 0.05) is 65.2 Å². The molecule has 4 rings (SSSR count). The van der Waals surface area contributed by atoms with Crippen LogP contribution in [0.2, 0.25) is 0 Å². The fourth-order valence-electron chi connectivity index (χ4n) is 7.28. The number of allylic oxidation sites excluding steroid dienone is 1. The van der Waals surface area contributed by atoms with Gasteiger partial charge in [-0.2, -0.15) is 0 Å². The molecule has 0 saturated heterocycles. The highest BCUT2D eigenvalue weighted by molar-refractivity contribution is 5.92. The highest BCUT2D eigenvalue weighted by Crippen LogP contribution is 2.31. The van der Waals surface area contributed by atoms with Crippen molar-refractivity contribution in [2.24, 2.45) is 29.6 Å². The number of methoxy groups -OCH3 is 3. The number of aliphatic hydroxyl groups is 2. The van der Waals surface area contributed by atoms with Gasteiger partial charge in [-0.15, -0.1) is 0 Å². The van der Waals surface area contributed by atoms with Gasteiger partial charge in [-0.25, -0.2) is 15.0 Å². The lowest BCUT2D eigenvalue weighted by Crippen LogP contribution is -2.39. The van der Waals surface area contributed by atoms with Crippen molar-refractivity contribution >= 4 is 30.0 Å². The van der Waals surface area contributed by atoms with Gasteiger partial charge in [0.2, 0.25) is 24.1 Å². The van der Waals surface area contributed by atoms with E-state index in [0.29, 0.717) is 36.3 Å². The number of rotatable bonds is 15. The van der Waals surface area contributed by atoms with E-state index in [0.717, 1.165) is 0 Å². The van der Waals surface area contributed by atoms with Gasteiger partial charge < -0.3 is 47.3 Å². The fraction of sp³-hybridized carbons (Fsp3) is 0.578. The Morgan fingerprint density at radius 3 is 2.32 bits per heavy atom. The van der Waals surface area contributed by atoms with E-state index in [1.165, 1.54) is 43.0 Å². The maximum Gasteiger partial charge on any atom is 0.308 e. The maximum absolute atomic E-state index is 13.5. The van der Waals surface area contributed by atoms with E-state index in [1.54, 1.807) is 60.4 Å². The summed E-state index contributed by atoms with van der Waals surface area (Å²) in [6.07, 6.45) is 10.8. The fourth-order valence-corrected chi connectivity index (χ4v) is 7.28.